The summed E-state index contributed by atoms with van der Waals surface area (Å²) >= 11 is 0. The van der Waals surface area contributed by atoms with E-state index in [1.54, 1.807) is 0 Å². The van der Waals surface area contributed by atoms with Crippen LogP contribution in [-0.2, 0) is 9.53 Å². The predicted octanol–water partition coefficient (Wildman–Crippen LogP) is 2.17. The van der Waals surface area contributed by atoms with Gasteiger partial charge in [-0.05, 0) is 24.3 Å². The van der Waals surface area contributed by atoms with Gasteiger partial charge in [0.15, 0.2) is 0 Å². The van der Waals surface area contributed by atoms with Gasteiger partial charge in [-0.1, -0.05) is 36.4 Å². The molecule has 0 atom stereocenters. The van der Waals surface area contributed by atoms with Gasteiger partial charge in [0.05, 0.1) is 24.6 Å². The highest BCUT2D eigenvalue weighted by molar-refractivity contribution is 5.80. The molecule has 1 heterocycles. The van der Waals surface area contributed by atoms with Crippen LogP contribution in [0.1, 0.15) is 6.42 Å². The minimum absolute atomic E-state index is 0.0124. The summed E-state index contributed by atoms with van der Waals surface area (Å²) in [5, 5.41) is 5.18. The minimum Gasteiger partial charge on any atom is -0.379 e. The first-order valence-electron chi connectivity index (χ1n) is 9.53. The summed E-state index contributed by atoms with van der Waals surface area (Å²) in [4.78, 5) is 14.8. The monoisotopic (exact) mass is 368 g/mol. The largest absolute Gasteiger partial charge is 0.379 e. The number of hydrogen-bond acceptors (Lipinski definition) is 5. The van der Waals surface area contributed by atoms with E-state index in [0.717, 1.165) is 50.8 Å². The molecule has 3 rings (SSSR count). The molecule has 27 heavy (non-hydrogen) atoms. The van der Waals surface area contributed by atoms with E-state index in [2.05, 4.69) is 15.6 Å². The number of rotatable bonds is 9. The van der Waals surface area contributed by atoms with E-state index in [-0.39, 0.29) is 5.91 Å². The van der Waals surface area contributed by atoms with Crippen molar-refractivity contribution >= 4 is 17.3 Å². The number of anilines is 2. The molecule has 2 aromatic rings. The molecule has 2 aromatic carbocycles. The molecule has 2 N–H and O–H groups in total. The number of amides is 1. The Morgan fingerprint density at radius 1 is 0.926 bits per heavy atom. The number of benzene rings is 2. The van der Waals surface area contributed by atoms with Gasteiger partial charge in [-0.15, -0.1) is 0 Å². The lowest BCUT2D eigenvalue weighted by molar-refractivity contribution is -0.121. The number of ether oxygens (including phenoxy) is 1. The molecule has 0 spiro atoms. The molecular weight excluding hydrogens is 340 g/mol. The molecule has 0 saturated carbocycles. The molecule has 1 saturated heterocycles. The van der Waals surface area contributed by atoms with Crippen molar-refractivity contribution in [2.75, 3.05) is 50.9 Å². The van der Waals surface area contributed by atoms with Crippen LogP contribution < -0.4 is 15.8 Å². The van der Waals surface area contributed by atoms with Crippen molar-refractivity contribution in [3.8, 4) is 0 Å². The molecule has 1 aliphatic rings. The van der Waals surface area contributed by atoms with E-state index in [0.29, 0.717) is 13.0 Å². The summed E-state index contributed by atoms with van der Waals surface area (Å²) in [5.74, 6) is -0.0124. The summed E-state index contributed by atoms with van der Waals surface area (Å²) in [5.41, 5.74) is 4.87. The number of carbonyl (C=O) groups excluding carboxylic acids is 1. The summed E-state index contributed by atoms with van der Waals surface area (Å²) in [6.45, 7) is 6.15. The van der Waals surface area contributed by atoms with E-state index < -0.39 is 0 Å². The van der Waals surface area contributed by atoms with Gasteiger partial charge in [0, 0.05) is 39.1 Å². The molecule has 0 aliphatic carbocycles. The highest BCUT2D eigenvalue weighted by Crippen LogP contribution is 2.22. The van der Waals surface area contributed by atoms with Crippen molar-refractivity contribution in [1.29, 1.82) is 0 Å². The molecular formula is C21H28N4O2. The summed E-state index contributed by atoms with van der Waals surface area (Å²) in [7, 11) is 0. The van der Waals surface area contributed by atoms with Crippen LogP contribution in [0.25, 0.3) is 0 Å². The van der Waals surface area contributed by atoms with Gasteiger partial charge in [0.25, 0.3) is 0 Å². The fraction of sp³-hybridized carbons (Fsp3) is 0.381. The summed E-state index contributed by atoms with van der Waals surface area (Å²) in [6, 6.07) is 19.7. The Labute approximate surface area is 161 Å². The van der Waals surface area contributed by atoms with Crippen LogP contribution in [0.2, 0.25) is 0 Å². The third kappa shape index (κ3) is 6.36. The average Bonchev–Trinajstić information content (AvgIpc) is 2.74. The Bertz CT molecular complexity index is 636. The molecule has 6 nitrogen and oxygen atoms in total. The van der Waals surface area contributed by atoms with Crippen LogP contribution in [0.15, 0.2) is 60.7 Å². The zero-order valence-electron chi connectivity index (χ0n) is 15.6. The number of para-hydroxylation sites is 2. The highest BCUT2D eigenvalue weighted by Gasteiger charge is 2.12. The molecule has 6 heteroatoms. The molecule has 0 unspecified atom stereocenters. The first-order valence-corrected chi connectivity index (χ1v) is 9.53. The maximum Gasteiger partial charge on any atom is 0.240 e. The van der Waals surface area contributed by atoms with Gasteiger partial charge >= 0.3 is 0 Å². The first-order chi connectivity index (χ1) is 13.3. The lowest BCUT2D eigenvalue weighted by atomic mass is 10.2. The number of carbonyl (C=O) groups is 1. The van der Waals surface area contributed by atoms with E-state index in [4.69, 9.17) is 4.74 Å². The molecule has 1 aliphatic heterocycles. The second-order valence-corrected chi connectivity index (χ2v) is 6.50. The van der Waals surface area contributed by atoms with E-state index >= 15 is 0 Å². The van der Waals surface area contributed by atoms with Gasteiger partial charge in [0.1, 0.15) is 0 Å². The highest BCUT2D eigenvalue weighted by atomic mass is 16.5. The Hall–Kier alpha value is -2.41. The predicted molar refractivity (Wildman–Crippen MR) is 108 cm³/mol. The fourth-order valence-corrected chi connectivity index (χ4v) is 3.00. The number of hydrogen-bond donors (Lipinski definition) is 2. The van der Waals surface area contributed by atoms with Crippen molar-refractivity contribution in [1.82, 2.24) is 15.6 Å². The second-order valence-electron chi connectivity index (χ2n) is 6.50. The number of morpholine rings is 1. The lowest BCUT2D eigenvalue weighted by Crippen LogP contribution is -2.42. The quantitative estimate of drug-likeness (QED) is 0.525. The van der Waals surface area contributed by atoms with Gasteiger partial charge < -0.3 is 10.1 Å². The first kappa shape index (κ1) is 19.4. The standard InChI is InChI=1S/C21H28N4O2/c26-21(11-12-22-13-14-24-15-17-27-18-16-24)23-25(19-7-3-1-4-8-19)20-9-5-2-6-10-20/h1-10,22H,11-18H2,(H,23,26). The van der Waals surface area contributed by atoms with Gasteiger partial charge in [0.2, 0.25) is 5.91 Å². The minimum atomic E-state index is -0.0124. The van der Waals surface area contributed by atoms with Gasteiger partial charge in [-0.3, -0.25) is 20.1 Å². The maximum absolute atomic E-state index is 12.4. The molecule has 1 amide bonds. The van der Waals surface area contributed by atoms with Crippen LogP contribution in [0.5, 0.6) is 0 Å². The topological polar surface area (TPSA) is 56.8 Å². The third-order valence-corrected chi connectivity index (χ3v) is 4.50. The fourth-order valence-electron chi connectivity index (χ4n) is 3.00. The lowest BCUT2D eigenvalue weighted by Gasteiger charge is -2.26. The van der Waals surface area contributed by atoms with Crippen LogP contribution in [0, 0.1) is 0 Å². The van der Waals surface area contributed by atoms with Crippen LogP contribution in [-0.4, -0.2) is 56.7 Å². The Kier molecular flexibility index (Phi) is 7.65. The van der Waals surface area contributed by atoms with Crippen molar-refractivity contribution in [2.45, 2.75) is 6.42 Å². The van der Waals surface area contributed by atoms with Crippen LogP contribution in [0.4, 0.5) is 11.4 Å². The smallest absolute Gasteiger partial charge is 0.240 e. The normalized spacial score (nSPS) is 14.7. The number of nitrogens with one attached hydrogen (secondary N) is 2. The molecule has 1 fully saturated rings. The Morgan fingerprint density at radius 2 is 1.52 bits per heavy atom. The zero-order valence-corrected chi connectivity index (χ0v) is 15.6. The van der Waals surface area contributed by atoms with E-state index in [1.807, 2.05) is 65.7 Å². The van der Waals surface area contributed by atoms with Crippen molar-refractivity contribution in [2.24, 2.45) is 0 Å². The van der Waals surface area contributed by atoms with E-state index in [9.17, 15) is 4.79 Å². The van der Waals surface area contributed by atoms with Crippen LogP contribution in [0.3, 0.4) is 0 Å². The maximum atomic E-state index is 12.4. The number of hydrazine groups is 1. The van der Waals surface area contributed by atoms with Crippen molar-refractivity contribution in [3.63, 3.8) is 0 Å². The molecule has 0 aromatic heterocycles. The average molecular weight is 368 g/mol. The van der Waals surface area contributed by atoms with E-state index in [1.165, 1.54) is 0 Å². The van der Waals surface area contributed by atoms with Gasteiger partial charge in [-0.25, -0.2) is 0 Å². The Balaban J connectivity index is 1.45. The SMILES string of the molecule is O=C(CCNCCN1CCOCC1)NN(c1ccccc1)c1ccccc1. The summed E-state index contributed by atoms with van der Waals surface area (Å²) < 4.78 is 5.35. The van der Waals surface area contributed by atoms with Crippen LogP contribution >= 0.6 is 0 Å². The third-order valence-electron chi connectivity index (χ3n) is 4.50. The molecule has 0 bridgehead atoms. The number of nitrogens with zero attached hydrogens (tertiary/aromatic N) is 2. The molecule has 144 valence electrons. The van der Waals surface area contributed by atoms with Crippen molar-refractivity contribution < 1.29 is 9.53 Å². The zero-order chi connectivity index (χ0) is 18.7. The second kappa shape index (κ2) is 10.7. The Morgan fingerprint density at radius 3 is 2.11 bits per heavy atom. The van der Waals surface area contributed by atoms with Crippen molar-refractivity contribution in [3.05, 3.63) is 60.7 Å². The molecule has 0 radical (unpaired) electrons. The summed E-state index contributed by atoms with van der Waals surface area (Å²) in [6.07, 6.45) is 0.430. The van der Waals surface area contributed by atoms with Gasteiger partial charge in [-0.2, -0.15) is 0 Å².